The van der Waals surface area contributed by atoms with Crippen molar-refractivity contribution in [3.05, 3.63) is 25.3 Å². The third kappa shape index (κ3) is 4.43. The zero-order valence-electron chi connectivity index (χ0n) is 21.0. The highest BCUT2D eigenvalue weighted by Crippen LogP contribution is 2.68. The summed E-state index contributed by atoms with van der Waals surface area (Å²) in [6, 6.07) is -0.730. The van der Waals surface area contributed by atoms with Crippen LogP contribution in [0.15, 0.2) is 25.3 Å². The Morgan fingerprint density at radius 3 is 2.59 bits per heavy atom. The Kier molecular flexibility index (Phi) is 8.23. The smallest absolute Gasteiger partial charge is 0.310 e. The molecule has 3 heterocycles. The molecule has 190 valence electrons. The molecule has 1 N–H and O–H groups in total. The van der Waals surface area contributed by atoms with Crippen molar-refractivity contribution < 1.29 is 24.2 Å². The first-order valence-corrected chi connectivity index (χ1v) is 13.2. The number of nitrogens with zero attached hydrogens (tertiary/aromatic N) is 2. The molecular formula is C26H40N2O5S. The van der Waals surface area contributed by atoms with Crippen LogP contribution in [-0.2, 0) is 19.1 Å². The minimum absolute atomic E-state index is 0.0429. The van der Waals surface area contributed by atoms with Gasteiger partial charge in [0.25, 0.3) is 0 Å². The number of carbonyl (C=O) groups excluding carboxylic acids is 3. The Labute approximate surface area is 208 Å². The summed E-state index contributed by atoms with van der Waals surface area (Å²) >= 11 is 1.63. The van der Waals surface area contributed by atoms with E-state index in [9.17, 15) is 19.5 Å². The van der Waals surface area contributed by atoms with E-state index >= 15 is 0 Å². The third-order valence-electron chi connectivity index (χ3n) is 7.53. The molecule has 2 bridgehead atoms. The number of hydrogen-bond donors (Lipinski definition) is 1. The number of unbranched alkanes of at least 4 members (excludes halogenated alkanes) is 2. The number of β-amino-alcohol motifs (C(OH)–C–C–N with tert-alkyl or cyclic N) is 1. The van der Waals surface area contributed by atoms with Crippen molar-refractivity contribution in [2.24, 2.45) is 17.8 Å². The fraction of sp³-hybridized carbons (Fsp3) is 0.731. The number of allylic oxidation sites excluding steroid dienone is 1. The first kappa shape index (κ1) is 26.8. The molecule has 34 heavy (non-hydrogen) atoms. The van der Waals surface area contributed by atoms with Crippen LogP contribution in [0.1, 0.15) is 53.4 Å². The Morgan fingerprint density at radius 1 is 1.29 bits per heavy atom. The average Bonchev–Trinajstić information content (AvgIpc) is 3.35. The van der Waals surface area contributed by atoms with Gasteiger partial charge in [-0.15, -0.1) is 24.9 Å². The van der Waals surface area contributed by atoms with Crippen LogP contribution in [0, 0.1) is 17.8 Å². The van der Waals surface area contributed by atoms with Crippen LogP contribution in [0.2, 0.25) is 0 Å². The van der Waals surface area contributed by atoms with E-state index in [0.717, 1.165) is 25.7 Å². The van der Waals surface area contributed by atoms with Gasteiger partial charge in [-0.05, 0) is 52.4 Å². The summed E-state index contributed by atoms with van der Waals surface area (Å²) in [7, 11) is 0. The second-order valence-electron chi connectivity index (χ2n) is 10.7. The van der Waals surface area contributed by atoms with Gasteiger partial charge in [-0.3, -0.25) is 14.4 Å². The highest BCUT2D eigenvalue weighted by molar-refractivity contribution is 8.02. The van der Waals surface area contributed by atoms with Crippen LogP contribution in [0.4, 0.5) is 0 Å². The summed E-state index contributed by atoms with van der Waals surface area (Å²) < 4.78 is 4.93. The fourth-order valence-electron chi connectivity index (χ4n) is 6.05. The number of fused-ring (bicyclic) bond motifs is 1. The molecule has 0 aliphatic carbocycles. The lowest BCUT2D eigenvalue weighted by atomic mass is 9.66. The quantitative estimate of drug-likeness (QED) is 0.271. The normalized spacial score (nSPS) is 32.0. The maximum absolute atomic E-state index is 14.1. The predicted octanol–water partition coefficient (Wildman–Crippen LogP) is 3.03. The number of esters is 1. The summed E-state index contributed by atoms with van der Waals surface area (Å²) in [5, 5.41) is 9.72. The van der Waals surface area contributed by atoms with E-state index < -0.39 is 28.2 Å². The van der Waals surface area contributed by atoms with Gasteiger partial charge in [-0.25, -0.2) is 0 Å². The number of rotatable bonds is 11. The minimum Gasteiger partial charge on any atom is -0.465 e. The first-order chi connectivity index (χ1) is 16.1. The fourth-order valence-corrected chi connectivity index (χ4v) is 8.45. The lowest BCUT2D eigenvalue weighted by molar-refractivity contribution is -0.154. The van der Waals surface area contributed by atoms with Crippen molar-refractivity contribution in [1.82, 2.24) is 9.80 Å². The van der Waals surface area contributed by atoms with Crippen molar-refractivity contribution in [3.63, 3.8) is 0 Å². The number of amides is 2. The topological polar surface area (TPSA) is 87.1 Å². The molecule has 0 aromatic carbocycles. The Morgan fingerprint density at radius 2 is 2.00 bits per heavy atom. The molecule has 3 fully saturated rings. The number of carbonyl (C=O) groups is 3. The predicted molar refractivity (Wildman–Crippen MR) is 134 cm³/mol. The van der Waals surface area contributed by atoms with Crippen molar-refractivity contribution >= 4 is 29.5 Å². The largest absolute Gasteiger partial charge is 0.465 e. The zero-order valence-corrected chi connectivity index (χ0v) is 21.8. The first-order valence-electron chi connectivity index (χ1n) is 12.3. The molecule has 7 nitrogen and oxygen atoms in total. The van der Waals surface area contributed by atoms with Gasteiger partial charge in [0.1, 0.15) is 6.04 Å². The summed E-state index contributed by atoms with van der Waals surface area (Å²) in [4.78, 5) is 44.4. The molecule has 0 saturated carbocycles. The molecule has 3 aliphatic rings. The highest BCUT2D eigenvalue weighted by Gasteiger charge is 2.76. The van der Waals surface area contributed by atoms with Crippen LogP contribution in [0.5, 0.6) is 0 Å². The summed E-state index contributed by atoms with van der Waals surface area (Å²) in [5.74, 6) is -1.78. The Bertz CT molecular complexity index is 824. The van der Waals surface area contributed by atoms with Crippen molar-refractivity contribution in [2.75, 3.05) is 26.3 Å². The molecule has 6 atom stereocenters. The van der Waals surface area contributed by atoms with Crippen molar-refractivity contribution in [1.29, 1.82) is 0 Å². The lowest BCUT2D eigenvalue weighted by Crippen LogP contribution is -2.60. The van der Waals surface area contributed by atoms with E-state index in [0.29, 0.717) is 13.2 Å². The molecule has 0 aromatic rings. The molecule has 3 saturated heterocycles. The Balaban J connectivity index is 1.94. The van der Waals surface area contributed by atoms with Gasteiger partial charge in [0.2, 0.25) is 11.8 Å². The number of aliphatic hydroxyl groups is 1. The molecule has 0 aromatic heterocycles. The second kappa shape index (κ2) is 10.4. The standard InChI is InChI=1S/C26H40N2O5S/c1-7-9-10-11-15-33-24(32)19-18-16-17(3)26(34-18)20(19)22(30)27(13-14-29)21(26)23(31)28(12-8-2)25(4,5)6/h7-8,17-21,29H,1-2,9-16H2,3-6H3/t17?,18-,19+,20+,21?,26?/m1/s1. The number of likely N-dealkylation sites (tertiary alicyclic amines) is 1. The maximum atomic E-state index is 14.1. The van der Waals surface area contributed by atoms with E-state index in [-0.39, 0.29) is 42.1 Å². The summed E-state index contributed by atoms with van der Waals surface area (Å²) in [5.41, 5.74) is -0.470. The maximum Gasteiger partial charge on any atom is 0.310 e. The van der Waals surface area contributed by atoms with Crippen molar-refractivity contribution in [3.8, 4) is 0 Å². The molecule has 8 heteroatoms. The molecule has 3 unspecified atom stereocenters. The molecule has 0 radical (unpaired) electrons. The van der Waals surface area contributed by atoms with Crippen LogP contribution in [0.3, 0.4) is 0 Å². The van der Waals surface area contributed by atoms with E-state index in [2.05, 4.69) is 20.1 Å². The van der Waals surface area contributed by atoms with Crippen LogP contribution in [0.25, 0.3) is 0 Å². The SMILES string of the molecule is C=CCCCCOC(=O)[C@@H]1[C@H]2C(=O)N(CCO)C(C(=O)N(CC=C)C(C)(C)C)C23S[C@@H]1CC3C. The van der Waals surface area contributed by atoms with Gasteiger partial charge in [-0.1, -0.05) is 19.1 Å². The van der Waals surface area contributed by atoms with Gasteiger partial charge in [-0.2, -0.15) is 0 Å². The summed E-state index contributed by atoms with van der Waals surface area (Å²) in [6.07, 6.45) is 6.82. The number of hydrogen-bond acceptors (Lipinski definition) is 6. The van der Waals surface area contributed by atoms with Crippen LogP contribution in [-0.4, -0.2) is 80.6 Å². The van der Waals surface area contributed by atoms with Gasteiger partial charge in [0.15, 0.2) is 0 Å². The van der Waals surface area contributed by atoms with E-state index in [4.69, 9.17) is 4.74 Å². The average molecular weight is 493 g/mol. The molecule has 3 aliphatic heterocycles. The molecular weight excluding hydrogens is 452 g/mol. The van der Waals surface area contributed by atoms with Crippen molar-refractivity contribution in [2.45, 2.75) is 75.0 Å². The number of aliphatic hydroxyl groups excluding tert-OH is 1. The van der Waals surface area contributed by atoms with Gasteiger partial charge >= 0.3 is 5.97 Å². The lowest BCUT2D eigenvalue weighted by Gasteiger charge is -2.43. The van der Waals surface area contributed by atoms with E-state index in [1.54, 1.807) is 22.7 Å². The second-order valence-corrected chi connectivity index (χ2v) is 12.2. The number of ether oxygens (including phenoxy) is 1. The zero-order chi connectivity index (χ0) is 25.3. The monoisotopic (exact) mass is 492 g/mol. The Hall–Kier alpha value is -1.80. The third-order valence-corrected chi connectivity index (χ3v) is 9.60. The minimum atomic E-state index is -0.730. The van der Waals surface area contributed by atoms with Crippen LogP contribution >= 0.6 is 11.8 Å². The van der Waals surface area contributed by atoms with Crippen LogP contribution < -0.4 is 0 Å². The number of thioether (sulfide) groups is 1. The van der Waals surface area contributed by atoms with Gasteiger partial charge in [0, 0.05) is 23.9 Å². The highest BCUT2D eigenvalue weighted by atomic mass is 32.2. The molecule has 1 spiro atoms. The van der Waals surface area contributed by atoms with E-state index in [1.807, 2.05) is 26.8 Å². The van der Waals surface area contributed by atoms with Gasteiger partial charge in [0.05, 0.1) is 29.8 Å². The van der Waals surface area contributed by atoms with Gasteiger partial charge < -0.3 is 19.6 Å². The molecule has 2 amide bonds. The summed E-state index contributed by atoms with van der Waals surface area (Å²) in [6.45, 7) is 16.0. The molecule has 3 rings (SSSR count). The van der Waals surface area contributed by atoms with E-state index in [1.165, 1.54) is 4.90 Å².